The molecule has 25 heavy (non-hydrogen) atoms. The summed E-state index contributed by atoms with van der Waals surface area (Å²) in [4.78, 5) is 4.47. The molecule has 0 amide bonds. The Morgan fingerprint density at radius 1 is 1.24 bits per heavy atom. The molecule has 0 aromatic carbocycles. The molecule has 0 bridgehead atoms. The summed E-state index contributed by atoms with van der Waals surface area (Å²) >= 11 is 1.55. The Labute approximate surface area is 151 Å². The van der Waals surface area contributed by atoms with E-state index >= 15 is 0 Å². The first-order valence-electron chi connectivity index (χ1n) is 8.27. The smallest absolute Gasteiger partial charge is 0.232 e. The highest BCUT2D eigenvalue weighted by molar-refractivity contribution is 7.98. The fraction of sp³-hybridized carbons (Fsp3) is 0.529. The predicted octanol–water partition coefficient (Wildman–Crippen LogP) is 4.17. The number of rotatable bonds is 6. The topological polar surface area (TPSA) is 82.8 Å². The van der Waals surface area contributed by atoms with Gasteiger partial charge in [0, 0.05) is 12.0 Å². The number of nitrogens with zero attached hydrogens (tertiary/aromatic N) is 5. The van der Waals surface area contributed by atoms with Crippen LogP contribution in [0.4, 0.5) is 0 Å². The molecule has 0 atom stereocenters. The Hall–Kier alpha value is -2.09. The fourth-order valence-corrected chi connectivity index (χ4v) is 3.05. The van der Waals surface area contributed by atoms with Gasteiger partial charge in [0.1, 0.15) is 0 Å². The molecule has 3 aromatic rings. The number of thioether (sulfide) groups is 1. The van der Waals surface area contributed by atoms with Crippen LogP contribution in [0, 0.1) is 5.92 Å². The highest BCUT2D eigenvalue weighted by Gasteiger charge is 2.22. The molecule has 3 heterocycles. The van der Waals surface area contributed by atoms with Gasteiger partial charge in [0.2, 0.25) is 5.89 Å². The van der Waals surface area contributed by atoms with E-state index < -0.39 is 0 Å². The van der Waals surface area contributed by atoms with Gasteiger partial charge in [-0.25, -0.2) is 0 Å². The van der Waals surface area contributed by atoms with Gasteiger partial charge in [0.25, 0.3) is 0 Å². The largest absolute Gasteiger partial charge is 0.461 e. The third-order valence-electron chi connectivity index (χ3n) is 3.45. The Morgan fingerprint density at radius 3 is 2.64 bits per heavy atom. The molecule has 0 saturated carbocycles. The van der Waals surface area contributed by atoms with Crippen molar-refractivity contribution < 1.29 is 8.94 Å². The number of furan rings is 1. The lowest BCUT2D eigenvalue weighted by Gasteiger charge is -2.11. The predicted molar refractivity (Wildman–Crippen MR) is 95.1 cm³/mol. The summed E-state index contributed by atoms with van der Waals surface area (Å²) in [5, 5.41) is 13.5. The van der Waals surface area contributed by atoms with Crippen molar-refractivity contribution in [3.8, 4) is 11.6 Å². The van der Waals surface area contributed by atoms with E-state index in [1.54, 1.807) is 18.0 Å². The quantitative estimate of drug-likeness (QED) is 0.609. The minimum atomic E-state index is -0.153. The molecule has 0 N–H and O–H groups in total. The maximum absolute atomic E-state index is 5.49. The van der Waals surface area contributed by atoms with Crippen LogP contribution in [0.5, 0.6) is 0 Å². The molecule has 0 radical (unpaired) electrons. The average Bonchev–Trinajstić information content (AvgIpc) is 3.24. The first-order chi connectivity index (χ1) is 11.8. The third kappa shape index (κ3) is 4.12. The first-order valence-corrected chi connectivity index (χ1v) is 9.26. The molecule has 0 fully saturated rings. The van der Waals surface area contributed by atoms with Crippen LogP contribution in [0.1, 0.15) is 46.3 Å². The average molecular weight is 361 g/mol. The van der Waals surface area contributed by atoms with E-state index in [0.29, 0.717) is 23.4 Å². The zero-order valence-electron chi connectivity index (χ0n) is 15.2. The summed E-state index contributed by atoms with van der Waals surface area (Å²) < 4.78 is 12.9. The van der Waals surface area contributed by atoms with Gasteiger partial charge in [0.05, 0.1) is 12.0 Å². The van der Waals surface area contributed by atoms with Gasteiger partial charge in [-0.2, -0.15) is 4.98 Å². The maximum Gasteiger partial charge on any atom is 0.232 e. The van der Waals surface area contributed by atoms with E-state index in [2.05, 4.69) is 38.8 Å². The van der Waals surface area contributed by atoms with Crippen molar-refractivity contribution in [1.82, 2.24) is 24.9 Å². The first kappa shape index (κ1) is 17.7. The highest BCUT2D eigenvalue weighted by atomic mass is 32.2. The van der Waals surface area contributed by atoms with Crippen LogP contribution in [0.2, 0.25) is 0 Å². The zero-order valence-corrected chi connectivity index (χ0v) is 16.0. The summed E-state index contributed by atoms with van der Waals surface area (Å²) in [7, 11) is 0. The summed E-state index contributed by atoms with van der Waals surface area (Å²) in [5.74, 6) is 3.80. The third-order valence-corrected chi connectivity index (χ3v) is 4.41. The summed E-state index contributed by atoms with van der Waals surface area (Å²) in [5.41, 5.74) is -0.153. The van der Waals surface area contributed by atoms with Crippen molar-refractivity contribution >= 4 is 11.8 Å². The molecule has 0 aliphatic carbocycles. The molecule has 0 unspecified atom stereocenters. The number of hydrogen-bond donors (Lipinski definition) is 0. The Bertz CT molecular complexity index is 815. The lowest BCUT2D eigenvalue weighted by Crippen LogP contribution is -2.11. The molecule has 134 valence electrons. The van der Waals surface area contributed by atoms with E-state index in [-0.39, 0.29) is 5.41 Å². The molecule has 0 spiro atoms. The van der Waals surface area contributed by atoms with Crippen molar-refractivity contribution in [3.05, 3.63) is 30.1 Å². The van der Waals surface area contributed by atoms with Gasteiger partial charge < -0.3 is 8.94 Å². The van der Waals surface area contributed by atoms with E-state index in [1.807, 2.05) is 32.9 Å². The molecule has 7 nitrogen and oxygen atoms in total. The minimum Gasteiger partial charge on any atom is -0.461 e. The van der Waals surface area contributed by atoms with E-state index in [0.717, 1.165) is 23.3 Å². The van der Waals surface area contributed by atoms with Crippen LogP contribution in [0.3, 0.4) is 0 Å². The molecule has 3 aromatic heterocycles. The van der Waals surface area contributed by atoms with Crippen molar-refractivity contribution in [2.24, 2.45) is 5.92 Å². The zero-order chi connectivity index (χ0) is 18.0. The Morgan fingerprint density at radius 2 is 2.04 bits per heavy atom. The SMILES string of the molecule is CC(C)Cn1c(SCc2noc(C(C)(C)C)n2)nnc1-c1ccco1. The molecular formula is C17H23N5O2S. The van der Waals surface area contributed by atoms with Gasteiger partial charge in [-0.1, -0.05) is 51.5 Å². The minimum absolute atomic E-state index is 0.153. The van der Waals surface area contributed by atoms with Crippen LogP contribution in [0.15, 0.2) is 32.5 Å². The van der Waals surface area contributed by atoms with Crippen LogP contribution in [0.25, 0.3) is 11.6 Å². The van der Waals surface area contributed by atoms with Crippen molar-refractivity contribution in [3.63, 3.8) is 0 Å². The standard InChI is InChI=1S/C17H23N5O2S/c1-11(2)9-22-14(12-7-6-8-23-12)19-20-16(22)25-10-13-18-15(24-21-13)17(3,4)5/h6-8,11H,9-10H2,1-5H3. The van der Waals surface area contributed by atoms with Gasteiger partial charge >= 0.3 is 0 Å². The Kier molecular flexibility index (Phi) is 4.99. The molecular weight excluding hydrogens is 338 g/mol. The normalized spacial score (nSPS) is 12.2. The van der Waals surface area contributed by atoms with Gasteiger partial charge in [-0.05, 0) is 18.1 Å². The van der Waals surface area contributed by atoms with Crippen molar-refractivity contribution in [2.45, 2.75) is 57.5 Å². The molecule has 0 aliphatic rings. The fourth-order valence-electron chi connectivity index (χ4n) is 2.26. The van der Waals surface area contributed by atoms with Gasteiger partial charge in [-0.3, -0.25) is 4.57 Å². The molecule has 0 aliphatic heterocycles. The van der Waals surface area contributed by atoms with Crippen LogP contribution < -0.4 is 0 Å². The van der Waals surface area contributed by atoms with Crippen molar-refractivity contribution in [2.75, 3.05) is 0 Å². The van der Waals surface area contributed by atoms with E-state index in [1.165, 1.54) is 0 Å². The highest BCUT2D eigenvalue weighted by Crippen LogP contribution is 2.28. The molecule has 3 rings (SSSR count). The second-order valence-corrected chi connectivity index (χ2v) is 8.28. The van der Waals surface area contributed by atoms with Gasteiger partial charge in [-0.15, -0.1) is 10.2 Å². The summed E-state index contributed by atoms with van der Waals surface area (Å²) in [6, 6.07) is 3.74. The molecule has 0 saturated heterocycles. The van der Waals surface area contributed by atoms with Crippen molar-refractivity contribution in [1.29, 1.82) is 0 Å². The van der Waals surface area contributed by atoms with Crippen LogP contribution in [-0.4, -0.2) is 24.9 Å². The molecule has 8 heteroatoms. The summed E-state index contributed by atoms with van der Waals surface area (Å²) in [6.45, 7) is 11.3. The lowest BCUT2D eigenvalue weighted by molar-refractivity contribution is 0.319. The maximum atomic E-state index is 5.49. The lowest BCUT2D eigenvalue weighted by atomic mass is 9.97. The van der Waals surface area contributed by atoms with Crippen LogP contribution in [-0.2, 0) is 17.7 Å². The monoisotopic (exact) mass is 361 g/mol. The number of hydrogen-bond acceptors (Lipinski definition) is 7. The Balaban J connectivity index is 1.79. The van der Waals surface area contributed by atoms with E-state index in [9.17, 15) is 0 Å². The van der Waals surface area contributed by atoms with E-state index in [4.69, 9.17) is 8.94 Å². The summed E-state index contributed by atoms with van der Waals surface area (Å²) in [6.07, 6.45) is 1.64. The van der Waals surface area contributed by atoms with Crippen LogP contribution >= 0.6 is 11.8 Å². The number of aromatic nitrogens is 5. The second-order valence-electron chi connectivity index (χ2n) is 7.34. The van der Waals surface area contributed by atoms with Gasteiger partial charge in [0.15, 0.2) is 22.6 Å². The second kappa shape index (κ2) is 7.03.